The molecule has 2 aromatic carbocycles. The summed E-state index contributed by atoms with van der Waals surface area (Å²) in [4.78, 5) is 26.2. The summed E-state index contributed by atoms with van der Waals surface area (Å²) in [7, 11) is 0. The zero-order valence-electron chi connectivity index (χ0n) is 19.7. The van der Waals surface area contributed by atoms with E-state index in [1.165, 1.54) is 24.6 Å². The Balaban J connectivity index is 1.54. The highest BCUT2D eigenvalue weighted by Crippen LogP contribution is 2.26. The highest BCUT2D eigenvalue weighted by Gasteiger charge is 2.24. The van der Waals surface area contributed by atoms with Gasteiger partial charge in [0.2, 0.25) is 11.7 Å². The highest BCUT2D eigenvalue weighted by atomic mass is 32.2. The molecule has 4 aromatic rings. The van der Waals surface area contributed by atoms with Crippen molar-refractivity contribution >= 4 is 34.3 Å². The summed E-state index contributed by atoms with van der Waals surface area (Å²) in [6.07, 6.45) is 4.61. The van der Waals surface area contributed by atoms with Gasteiger partial charge in [0.1, 0.15) is 0 Å². The summed E-state index contributed by atoms with van der Waals surface area (Å²) in [5.74, 6) is 1.21. The van der Waals surface area contributed by atoms with Gasteiger partial charge < -0.3 is 5.32 Å². The number of benzene rings is 2. The maximum atomic E-state index is 13.5. The van der Waals surface area contributed by atoms with Crippen LogP contribution in [0.1, 0.15) is 43.7 Å². The summed E-state index contributed by atoms with van der Waals surface area (Å²) >= 11 is 1.35. The largest absolute Gasteiger partial charge is 0.352 e. The first kappa shape index (κ1) is 22.7. The van der Waals surface area contributed by atoms with Gasteiger partial charge in [0.25, 0.3) is 5.56 Å². The van der Waals surface area contributed by atoms with Crippen LogP contribution in [0.2, 0.25) is 0 Å². The van der Waals surface area contributed by atoms with Crippen LogP contribution in [-0.4, -0.2) is 36.9 Å². The molecule has 1 N–H and O–H groups in total. The van der Waals surface area contributed by atoms with Crippen molar-refractivity contribution in [1.29, 1.82) is 0 Å². The lowest BCUT2D eigenvalue weighted by Crippen LogP contribution is -2.41. The van der Waals surface area contributed by atoms with Crippen molar-refractivity contribution in [3.05, 3.63) is 63.9 Å². The molecule has 7 nitrogen and oxygen atoms in total. The third kappa shape index (κ3) is 4.11. The van der Waals surface area contributed by atoms with E-state index in [1.807, 2.05) is 54.6 Å². The number of carbonyl (C=O) groups excluding carboxylic acids is 1. The van der Waals surface area contributed by atoms with Gasteiger partial charge in [-0.2, -0.15) is 0 Å². The lowest BCUT2D eigenvalue weighted by atomic mass is 9.86. The van der Waals surface area contributed by atoms with Gasteiger partial charge in [0, 0.05) is 6.04 Å². The molecule has 1 aliphatic carbocycles. The molecular weight excluding hydrogens is 446 g/mol. The Morgan fingerprint density at radius 1 is 1.12 bits per heavy atom. The Labute approximate surface area is 202 Å². The number of nitrogens with one attached hydrogen (secondary N) is 1. The zero-order valence-corrected chi connectivity index (χ0v) is 20.6. The number of nitrogens with zero attached hydrogens (tertiary/aromatic N) is 4. The molecule has 8 heteroatoms. The van der Waals surface area contributed by atoms with E-state index in [9.17, 15) is 9.59 Å². The van der Waals surface area contributed by atoms with Crippen LogP contribution < -0.4 is 10.9 Å². The molecule has 1 aliphatic rings. The molecule has 1 fully saturated rings. The first-order valence-corrected chi connectivity index (χ1v) is 12.8. The monoisotopic (exact) mass is 475 g/mol. The fourth-order valence-electron chi connectivity index (χ4n) is 4.95. The summed E-state index contributed by atoms with van der Waals surface area (Å²) in [6.45, 7) is 6.23. The number of hydrogen-bond acceptors (Lipinski definition) is 5. The predicted molar refractivity (Wildman–Crippen MR) is 136 cm³/mol. The molecule has 0 radical (unpaired) electrons. The van der Waals surface area contributed by atoms with Gasteiger partial charge in [0.15, 0.2) is 5.16 Å². The smallest absolute Gasteiger partial charge is 0.267 e. The third-order valence-electron chi connectivity index (χ3n) is 6.78. The second-order valence-corrected chi connectivity index (χ2v) is 10.2. The number of para-hydroxylation sites is 1. The summed E-state index contributed by atoms with van der Waals surface area (Å²) in [5, 5.41) is 13.2. The number of thioether (sulfide) groups is 1. The molecule has 5 rings (SSSR count). The van der Waals surface area contributed by atoms with E-state index in [1.54, 1.807) is 4.57 Å². The first-order chi connectivity index (χ1) is 16.4. The second kappa shape index (κ2) is 9.25. The normalized spacial score (nSPS) is 18.4. The number of aromatic nitrogens is 4. The number of rotatable bonds is 5. The second-order valence-electron chi connectivity index (χ2n) is 9.29. The van der Waals surface area contributed by atoms with Gasteiger partial charge in [-0.3, -0.25) is 14.0 Å². The number of hydrogen-bond donors (Lipinski definition) is 1. The van der Waals surface area contributed by atoms with Crippen molar-refractivity contribution in [1.82, 2.24) is 24.5 Å². The fraction of sp³-hybridized carbons (Fsp3) is 0.385. The fourth-order valence-corrected chi connectivity index (χ4v) is 5.71. The summed E-state index contributed by atoms with van der Waals surface area (Å²) < 4.78 is 3.51. The molecule has 2 aromatic heterocycles. The van der Waals surface area contributed by atoms with Crippen LogP contribution >= 0.6 is 11.8 Å². The topological polar surface area (TPSA) is 81.3 Å². The van der Waals surface area contributed by atoms with Gasteiger partial charge in [0.05, 0.1) is 22.3 Å². The van der Waals surface area contributed by atoms with Crippen LogP contribution in [-0.2, 0) is 4.79 Å². The number of carbonyl (C=O) groups is 1. The van der Waals surface area contributed by atoms with E-state index in [2.05, 4.69) is 28.5 Å². The van der Waals surface area contributed by atoms with Crippen LogP contribution in [0.5, 0.6) is 0 Å². The third-order valence-corrected chi connectivity index (χ3v) is 7.71. The SMILES string of the molecule is Cc1ccc(-n2c(=O)c3ccccc3n3c(SCC(=O)NC4CCCCC4C)nnc23)c(C)c1. The van der Waals surface area contributed by atoms with Gasteiger partial charge in [-0.15, -0.1) is 10.2 Å². The molecule has 1 amide bonds. The van der Waals surface area contributed by atoms with Crippen LogP contribution in [0.3, 0.4) is 0 Å². The lowest BCUT2D eigenvalue weighted by Gasteiger charge is -2.29. The standard InChI is InChI=1S/C26H29N5O2S/c1-16-12-13-21(18(3)14-16)30-24(33)19-9-5-7-11-22(19)31-25(30)28-29-26(31)34-15-23(32)27-20-10-6-4-8-17(20)2/h5,7,9,11-14,17,20H,4,6,8,10,15H2,1-3H3,(H,27,32). The van der Waals surface area contributed by atoms with Crippen LogP contribution in [0, 0.1) is 19.8 Å². The summed E-state index contributed by atoms with van der Waals surface area (Å²) in [6, 6.07) is 13.7. The van der Waals surface area contributed by atoms with Crippen LogP contribution in [0.25, 0.3) is 22.4 Å². The highest BCUT2D eigenvalue weighted by molar-refractivity contribution is 7.99. The van der Waals surface area contributed by atoms with Crippen molar-refractivity contribution in [3.63, 3.8) is 0 Å². The molecule has 1 saturated carbocycles. The van der Waals surface area contributed by atoms with E-state index >= 15 is 0 Å². The van der Waals surface area contributed by atoms with Gasteiger partial charge in [-0.25, -0.2) is 4.57 Å². The Morgan fingerprint density at radius 2 is 1.91 bits per heavy atom. The van der Waals surface area contributed by atoms with E-state index in [-0.39, 0.29) is 23.3 Å². The van der Waals surface area contributed by atoms with E-state index in [4.69, 9.17) is 0 Å². The lowest BCUT2D eigenvalue weighted by molar-refractivity contribution is -0.119. The van der Waals surface area contributed by atoms with Crippen molar-refractivity contribution in [2.45, 2.75) is 57.7 Å². The van der Waals surface area contributed by atoms with Crippen LogP contribution in [0.15, 0.2) is 52.4 Å². The number of amides is 1. The Kier molecular flexibility index (Phi) is 6.16. The molecule has 176 valence electrons. The predicted octanol–water partition coefficient (Wildman–Crippen LogP) is 4.44. The van der Waals surface area contributed by atoms with E-state index in [0.717, 1.165) is 35.2 Å². The average Bonchev–Trinajstić information content (AvgIpc) is 3.24. The van der Waals surface area contributed by atoms with Gasteiger partial charge in [-0.05, 0) is 56.4 Å². The molecule has 0 saturated heterocycles. The number of fused-ring (bicyclic) bond motifs is 3. The molecule has 2 atom stereocenters. The minimum atomic E-state index is -0.136. The Bertz CT molecular complexity index is 1440. The van der Waals surface area contributed by atoms with Crippen molar-refractivity contribution < 1.29 is 4.79 Å². The Morgan fingerprint density at radius 3 is 2.71 bits per heavy atom. The van der Waals surface area contributed by atoms with Gasteiger partial charge in [-0.1, -0.05) is 61.4 Å². The molecule has 2 heterocycles. The van der Waals surface area contributed by atoms with Crippen molar-refractivity contribution in [2.75, 3.05) is 5.75 Å². The quantitative estimate of drug-likeness (QED) is 0.432. The molecule has 0 aliphatic heterocycles. The molecule has 34 heavy (non-hydrogen) atoms. The van der Waals surface area contributed by atoms with Crippen molar-refractivity contribution in [3.8, 4) is 5.69 Å². The minimum absolute atomic E-state index is 0.00695. The van der Waals surface area contributed by atoms with E-state index in [0.29, 0.717) is 22.2 Å². The maximum absolute atomic E-state index is 13.5. The van der Waals surface area contributed by atoms with Crippen LogP contribution in [0.4, 0.5) is 0 Å². The van der Waals surface area contributed by atoms with Gasteiger partial charge >= 0.3 is 0 Å². The zero-order chi connectivity index (χ0) is 23.8. The average molecular weight is 476 g/mol. The molecule has 0 bridgehead atoms. The Hall–Kier alpha value is -3.13. The van der Waals surface area contributed by atoms with E-state index < -0.39 is 0 Å². The molecule has 0 spiro atoms. The minimum Gasteiger partial charge on any atom is -0.352 e. The first-order valence-electron chi connectivity index (χ1n) is 11.8. The van der Waals surface area contributed by atoms with Crippen molar-refractivity contribution in [2.24, 2.45) is 5.92 Å². The number of aryl methyl sites for hydroxylation is 2. The maximum Gasteiger partial charge on any atom is 0.267 e. The molecular formula is C26H29N5O2S. The summed E-state index contributed by atoms with van der Waals surface area (Å²) in [5.41, 5.74) is 3.49. The molecule has 2 unspecified atom stereocenters.